The number of aromatic carboxylic acids is 1. The Bertz CT molecular complexity index is 304. The number of carboxylic acids is 1. The smallest absolute Gasteiger partial charge is 0.365 e. The van der Waals surface area contributed by atoms with E-state index in [0.29, 0.717) is 5.92 Å². The third-order valence-electron chi connectivity index (χ3n) is 1.54. The average molecular weight is 185 g/mol. The lowest BCUT2D eigenvalue weighted by atomic mass is 10.1. The van der Waals surface area contributed by atoms with Gasteiger partial charge in [0.1, 0.15) is 0 Å². The molecule has 3 nitrogen and oxygen atoms in total. The second-order valence-electron chi connectivity index (χ2n) is 2.93. The van der Waals surface area contributed by atoms with E-state index in [1.165, 1.54) is 11.3 Å². The molecule has 0 aliphatic heterocycles. The second kappa shape index (κ2) is 3.23. The van der Waals surface area contributed by atoms with Gasteiger partial charge in [-0.3, -0.25) is 0 Å². The van der Waals surface area contributed by atoms with Crippen LogP contribution in [-0.2, 0) is 0 Å². The van der Waals surface area contributed by atoms with E-state index in [1.807, 2.05) is 20.8 Å². The normalized spacial score (nSPS) is 10.7. The summed E-state index contributed by atoms with van der Waals surface area (Å²) in [6, 6.07) is 0. The zero-order valence-corrected chi connectivity index (χ0v) is 8.10. The highest BCUT2D eigenvalue weighted by atomic mass is 32.1. The topological polar surface area (TPSA) is 50.2 Å². The van der Waals surface area contributed by atoms with Crippen LogP contribution in [0.5, 0.6) is 0 Å². The van der Waals surface area contributed by atoms with Crippen molar-refractivity contribution in [3.05, 3.63) is 15.6 Å². The first-order valence-electron chi connectivity index (χ1n) is 3.73. The van der Waals surface area contributed by atoms with Crippen LogP contribution in [0.1, 0.15) is 40.1 Å². The lowest BCUT2D eigenvalue weighted by Gasteiger charge is -1.98. The molecule has 1 heterocycles. The van der Waals surface area contributed by atoms with Gasteiger partial charge in [0, 0.05) is 4.88 Å². The average Bonchev–Trinajstić information content (AvgIpc) is 2.30. The van der Waals surface area contributed by atoms with Gasteiger partial charge in [-0.15, -0.1) is 11.3 Å². The Balaban J connectivity index is 3.09. The molecule has 1 aromatic rings. The van der Waals surface area contributed by atoms with Gasteiger partial charge in [0.15, 0.2) is 0 Å². The van der Waals surface area contributed by atoms with Crippen molar-refractivity contribution in [3.8, 4) is 0 Å². The Labute approximate surface area is 75.1 Å². The Morgan fingerprint density at radius 3 is 2.42 bits per heavy atom. The molecule has 4 heteroatoms. The van der Waals surface area contributed by atoms with Crippen LogP contribution in [0.4, 0.5) is 0 Å². The van der Waals surface area contributed by atoms with Crippen LogP contribution in [0, 0.1) is 6.92 Å². The van der Waals surface area contributed by atoms with Crippen LogP contribution >= 0.6 is 11.3 Å². The SMILES string of the molecule is Cc1nc(C(=O)O)sc1C(C)C. The lowest BCUT2D eigenvalue weighted by Crippen LogP contribution is -1.93. The summed E-state index contributed by atoms with van der Waals surface area (Å²) in [5.74, 6) is -0.578. The molecule has 0 unspecified atom stereocenters. The molecule has 0 fully saturated rings. The molecular formula is C8H11NO2S. The summed E-state index contributed by atoms with van der Waals surface area (Å²) in [6.45, 7) is 5.91. The highest BCUT2D eigenvalue weighted by Gasteiger charge is 2.14. The molecule has 12 heavy (non-hydrogen) atoms. The van der Waals surface area contributed by atoms with Crippen molar-refractivity contribution < 1.29 is 9.90 Å². The first-order chi connectivity index (χ1) is 5.52. The summed E-state index contributed by atoms with van der Waals surface area (Å²) in [5.41, 5.74) is 0.840. The highest BCUT2D eigenvalue weighted by Crippen LogP contribution is 2.25. The Hall–Kier alpha value is -0.900. The fourth-order valence-corrected chi connectivity index (χ4v) is 1.94. The summed E-state index contributed by atoms with van der Waals surface area (Å²) in [7, 11) is 0. The minimum Gasteiger partial charge on any atom is -0.476 e. The molecule has 0 aliphatic rings. The van der Waals surface area contributed by atoms with Gasteiger partial charge in [-0.25, -0.2) is 9.78 Å². The summed E-state index contributed by atoms with van der Waals surface area (Å²) in [4.78, 5) is 15.5. The van der Waals surface area contributed by atoms with E-state index in [2.05, 4.69) is 4.98 Å². The van der Waals surface area contributed by atoms with Crippen LogP contribution < -0.4 is 0 Å². The molecule has 1 rings (SSSR count). The van der Waals surface area contributed by atoms with E-state index < -0.39 is 5.97 Å². The number of thiazole rings is 1. The molecule has 1 aromatic heterocycles. The summed E-state index contributed by atoms with van der Waals surface area (Å²) in [6.07, 6.45) is 0. The summed E-state index contributed by atoms with van der Waals surface area (Å²) >= 11 is 1.27. The van der Waals surface area contributed by atoms with Gasteiger partial charge in [0.25, 0.3) is 0 Å². The molecule has 0 atom stereocenters. The van der Waals surface area contributed by atoms with Gasteiger partial charge < -0.3 is 5.11 Å². The number of nitrogens with zero attached hydrogens (tertiary/aromatic N) is 1. The Morgan fingerprint density at radius 1 is 1.58 bits per heavy atom. The predicted molar refractivity (Wildman–Crippen MR) is 47.9 cm³/mol. The van der Waals surface area contributed by atoms with Crippen LogP contribution in [0.3, 0.4) is 0 Å². The van der Waals surface area contributed by atoms with Crippen LogP contribution in [0.2, 0.25) is 0 Å². The number of hydrogen-bond donors (Lipinski definition) is 1. The summed E-state index contributed by atoms with van der Waals surface area (Å²) in [5, 5.41) is 8.84. The number of aryl methyl sites for hydroxylation is 1. The van der Waals surface area contributed by atoms with E-state index in [1.54, 1.807) is 0 Å². The van der Waals surface area contributed by atoms with Crippen molar-refractivity contribution in [1.82, 2.24) is 4.98 Å². The van der Waals surface area contributed by atoms with Crippen molar-refractivity contribution in [1.29, 1.82) is 0 Å². The molecule has 0 radical (unpaired) electrons. The van der Waals surface area contributed by atoms with Crippen molar-refractivity contribution in [2.45, 2.75) is 26.7 Å². The third kappa shape index (κ3) is 1.64. The molecule has 0 aliphatic carbocycles. The molecule has 66 valence electrons. The first kappa shape index (κ1) is 9.19. The maximum Gasteiger partial charge on any atom is 0.365 e. The molecule has 0 bridgehead atoms. The molecule has 0 saturated carbocycles. The summed E-state index contributed by atoms with van der Waals surface area (Å²) < 4.78 is 0. The largest absolute Gasteiger partial charge is 0.476 e. The molecular weight excluding hydrogens is 174 g/mol. The maximum atomic E-state index is 10.5. The van der Waals surface area contributed by atoms with Gasteiger partial charge in [-0.05, 0) is 12.8 Å². The monoisotopic (exact) mass is 185 g/mol. The molecule has 0 aromatic carbocycles. The van der Waals surface area contributed by atoms with Crippen molar-refractivity contribution in [2.24, 2.45) is 0 Å². The maximum absolute atomic E-state index is 10.5. The predicted octanol–water partition coefficient (Wildman–Crippen LogP) is 2.27. The number of aromatic nitrogens is 1. The molecule has 0 saturated heterocycles. The quantitative estimate of drug-likeness (QED) is 0.769. The number of rotatable bonds is 2. The van der Waals surface area contributed by atoms with E-state index in [0.717, 1.165) is 10.6 Å². The Morgan fingerprint density at radius 2 is 2.17 bits per heavy atom. The van der Waals surface area contributed by atoms with Crippen LogP contribution in [0.15, 0.2) is 0 Å². The van der Waals surface area contributed by atoms with Crippen LogP contribution in [-0.4, -0.2) is 16.1 Å². The van der Waals surface area contributed by atoms with E-state index in [4.69, 9.17) is 5.11 Å². The van der Waals surface area contributed by atoms with E-state index >= 15 is 0 Å². The van der Waals surface area contributed by atoms with Gasteiger partial charge in [0.05, 0.1) is 5.69 Å². The van der Waals surface area contributed by atoms with Crippen LogP contribution in [0.25, 0.3) is 0 Å². The number of hydrogen-bond acceptors (Lipinski definition) is 3. The molecule has 0 amide bonds. The number of carbonyl (C=O) groups is 1. The van der Waals surface area contributed by atoms with Gasteiger partial charge in [-0.1, -0.05) is 13.8 Å². The minimum atomic E-state index is -0.935. The van der Waals surface area contributed by atoms with Gasteiger partial charge in [0.2, 0.25) is 5.01 Å². The van der Waals surface area contributed by atoms with E-state index in [-0.39, 0.29) is 5.01 Å². The zero-order chi connectivity index (χ0) is 9.30. The standard InChI is InChI=1S/C8H11NO2S/c1-4(2)6-5(3)9-7(12-6)8(10)11/h4H,1-3H3,(H,10,11). The Kier molecular flexibility index (Phi) is 2.47. The highest BCUT2D eigenvalue weighted by molar-refractivity contribution is 7.13. The molecule has 1 N–H and O–H groups in total. The lowest BCUT2D eigenvalue weighted by molar-refractivity contribution is 0.0696. The first-order valence-corrected chi connectivity index (χ1v) is 4.54. The van der Waals surface area contributed by atoms with Crippen molar-refractivity contribution in [2.75, 3.05) is 0 Å². The van der Waals surface area contributed by atoms with Gasteiger partial charge >= 0.3 is 5.97 Å². The third-order valence-corrected chi connectivity index (χ3v) is 2.99. The zero-order valence-electron chi connectivity index (χ0n) is 7.29. The molecule has 0 spiro atoms. The van der Waals surface area contributed by atoms with Crippen molar-refractivity contribution in [3.63, 3.8) is 0 Å². The van der Waals surface area contributed by atoms with E-state index in [9.17, 15) is 4.79 Å². The number of carboxylic acid groups (broad SMARTS) is 1. The minimum absolute atomic E-state index is 0.191. The fraction of sp³-hybridized carbons (Fsp3) is 0.500. The van der Waals surface area contributed by atoms with Gasteiger partial charge in [-0.2, -0.15) is 0 Å². The van der Waals surface area contributed by atoms with Crippen molar-refractivity contribution >= 4 is 17.3 Å². The fourth-order valence-electron chi connectivity index (χ4n) is 1.04. The second-order valence-corrected chi connectivity index (χ2v) is 3.96.